The van der Waals surface area contributed by atoms with E-state index in [2.05, 4.69) is 15.5 Å². The molecule has 1 unspecified atom stereocenters. The summed E-state index contributed by atoms with van der Waals surface area (Å²) in [5, 5.41) is 9.62. The predicted molar refractivity (Wildman–Crippen MR) is 123 cm³/mol. The number of likely N-dealkylation sites (tertiary alicyclic amines) is 1. The number of rotatable bonds is 6. The standard InChI is InChI=1S/C26H24F4N4O2/c27-20-14-18(26(28,29)30)8-9-19(20)23(15-6-7-15)32-24(35)22-5-2-12-34(22)25(36)17-4-1-3-16(13-17)21-10-11-31-33-21/h1,3-4,8-11,13-15,22-23H,2,5-7,12H2,(H,31,33)(H,32,35)/t22-,23?/m1/s1. The van der Waals surface area contributed by atoms with Crippen LogP contribution in [0.1, 0.15) is 53.2 Å². The SMILES string of the molecule is O=C(NC(c1ccc(C(F)(F)F)cc1F)C1CC1)[C@H]1CCCN1C(=O)c1cccc(-c2ccn[nH]2)c1. The van der Waals surface area contributed by atoms with Crippen LogP contribution < -0.4 is 5.32 Å². The van der Waals surface area contributed by atoms with Crippen LogP contribution in [-0.2, 0) is 11.0 Å². The van der Waals surface area contributed by atoms with Gasteiger partial charge in [-0.15, -0.1) is 0 Å². The van der Waals surface area contributed by atoms with Gasteiger partial charge in [0.2, 0.25) is 5.91 Å². The summed E-state index contributed by atoms with van der Waals surface area (Å²) < 4.78 is 53.6. The molecule has 5 rings (SSSR count). The average Bonchev–Trinajstić information content (AvgIpc) is 3.32. The number of alkyl halides is 3. The van der Waals surface area contributed by atoms with Gasteiger partial charge < -0.3 is 10.2 Å². The molecule has 6 nitrogen and oxygen atoms in total. The van der Waals surface area contributed by atoms with Crippen LogP contribution in [0, 0.1) is 11.7 Å². The Morgan fingerprint density at radius 3 is 2.56 bits per heavy atom. The fourth-order valence-electron chi connectivity index (χ4n) is 4.77. The summed E-state index contributed by atoms with van der Waals surface area (Å²) in [5.74, 6) is -1.78. The van der Waals surface area contributed by atoms with Crippen LogP contribution in [-0.4, -0.2) is 39.5 Å². The Labute approximate surface area is 204 Å². The van der Waals surface area contributed by atoms with Crippen molar-refractivity contribution in [1.29, 1.82) is 0 Å². The van der Waals surface area contributed by atoms with Gasteiger partial charge in [-0.1, -0.05) is 18.2 Å². The molecule has 3 aromatic rings. The maximum Gasteiger partial charge on any atom is 0.416 e. The molecule has 2 fully saturated rings. The van der Waals surface area contributed by atoms with E-state index in [-0.39, 0.29) is 17.4 Å². The zero-order valence-electron chi connectivity index (χ0n) is 19.2. The average molecular weight is 500 g/mol. The summed E-state index contributed by atoms with van der Waals surface area (Å²) >= 11 is 0. The first-order valence-corrected chi connectivity index (χ1v) is 11.8. The first kappa shape index (κ1) is 24.0. The fraction of sp³-hybridized carbons (Fsp3) is 0.346. The van der Waals surface area contributed by atoms with Gasteiger partial charge in [-0.25, -0.2) is 4.39 Å². The number of carbonyl (C=O) groups excluding carboxylic acids is 2. The Hall–Kier alpha value is -3.69. The van der Waals surface area contributed by atoms with Gasteiger partial charge in [0, 0.05) is 29.4 Å². The van der Waals surface area contributed by atoms with Crippen molar-refractivity contribution in [1.82, 2.24) is 20.4 Å². The van der Waals surface area contributed by atoms with Crippen LogP contribution in [0.3, 0.4) is 0 Å². The van der Waals surface area contributed by atoms with Gasteiger partial charge in [-0.05, 0) is 61.9 Å². The lowest BCUT2D eigenvalue weighted by Gasteiger charge is -2.27. The Kier molecular flexibility index (Phi) is 6.27. The largest absolute Gasteiger partial charge is 0.416 e. The molecule has 1 saturated heterocycles. The van der Waals surface area contributed by atoms with Gasteiger partial charge in [0.05, 0.1) is 17.3 Å². The van der Waals surface area contributed by atoms with Crippen molar-refractivity contribution in [3.05, 3.63) is 77.2 Å². The molecule has 2 amide bonds. The molecule has 0 radical (unpaired) electrons. The van der Waals surface area contributed by atoms with Crippen molar-refractivity contribution >= 4 is 11.8 Å². The molecule has 1 aromatic heterocycles. The summed E-state index contributed by atoms with van der Waals surface area (Å²) in [6.07, 6.45) is -0.493. The Balaban J connectivity index is 1.34. The highest BCUT2D eigenvalue weighted by Crippen LogP contribution is 2.43. The van der Waals surface area contributed by atoms with Crippen LogP contribution in [0.15, 0.2) is 54.7 Å². The van der Waals surface area contributed by atoms with Crippen LogP contribution in [0.2, 0.25) is 0 Å². The third-order valence-electron chi connectivity index (χ3n) is 6.79. The third-order valence-corrected chi connectivity index (χ3v) is 6.79. The molecule has 36 heavy (non-hydrogen) atoms. The van der Waals surface area contributed by atoms with Gasteiger partial charge in [0.1, 0.15) is 11.9 Å². The van der Waals surface area contributed by atoms with E-state index < -0.39 is 35.5 Å². The molecule has 0 spiro atoms. The summed E-state index contributed by atoms with van der Waals surface area (Å²) in [7, 11) is 0. The van der Waals surface area contributed by atoms with Crippen molar-refractivity contribution in [2.45, 2.75) is 43.9 Å². The van der Waals surface area contributed by atoms with Gasteiger partial charge in [0.15, 0.2) is 0 Å². The number of nitrogens with one attached hydrogen (secondary N) is 2. The van der Waals surface area contributed by atoms with Gasteiger partial charge >= 0.3 is 6.18 Å². The van der Waals surface area contributed by atoms with Crippen LogP contribution in [0.4, 0.5) is 17.6 Å². The zero-order chi connectivity index (χ0) is 25.4. The number of benzene rings is 2. The van der Waals surface area contributed by atoms with Gasteiger partial charge in [0.25, 0.3) is 5.91 Å². The third kappa shape index (κ3) is 4.84. The minimum atomic E-state index is -4.66. The lowest BCUT2D eigenvalue weighted by Crippen LogP contribution is -2.47. The second-order valence-electron chi connectivity index (χ2n) is 9.27. The fourth-order valence-corrected chi connectivity index (χ4v) is 4.77. The summed E-state index contributed by atoms with van der Waals surface area (Å²) in [6, 6.07) is 9.70. The number of nitrogens with zero attached hydrogens (tertiary/aromatic N) is 2. The molecule has 0 bridgehead atoms. The molecule has 1 saturated carbocycles. The van der Waals surface area contributed by atoms with Crippen molar-refractivity contribution in [2.24, 2.45) is 5.92 Å². The molecule has 2 aliphatic rings. The second kappa shape index (κ2) is 9.40. The van der Waals surface area contributed by atoms with Crippen LogP contribution in [0.25, 0.3) is 11.3 Å². The monoisotopic (exact) mass is 500 g/mol. The zero-order valence-corrected chi connectivity index (χ0v) is 19.2. The van der Waals surface area contributed by atoms with Crippen LogP contribution in [0.5, 0.6) is 0 Å². The molecule has 2 heterocycles. The lowest BCUT2D eigenvalue weighted by molar-refractivity contribution is -0.137. The summed E-state index contributed by atoms with van der Waals surface area (Å²) in [6.45, 7) is 0.397. The van der Waals surface area contributed by atoms with Crippen molar-refractivity contribution < 1.29 is 27.2 Å². The van der Waals surface area contributed by atoms with Crippen molar-refractivity contribution in [2.75, 3.05) is 6.54 Å². The number of aromatic amines is 1. The predicted octanol–water partition coefficient (Wildman–Crippen LogP) is 5.11. The smallest absolute Gasteiger partial charge is 0.347 e. The molecule has 10 heteroatoms. The molecule has 188 valence electrons. The van der Waals surface area contributed by atoms with E-state index in [0.717, 1.165) is 36.2 Å². The maximum absolute atomic E-state index is 14.7. The van der Waals surface area contributed by atoms with E-state index in [9.17, 15) is 27.2 Å². The van der Waals surface area contributed by atoms with E-state index in [0.29, 0.717) is 31.0 Å². The minimum absolute atomic E-state index is 0.0296. The van der Waals surface area contributed by atoms with Crippen LogP contribution >= 0.6 is 0 Å². The number of hydrogen-bond acceptors (Lipinski definition) is 3. The van der Waals surface area contributed by atoms with E-state index in [1.54, 1.807) is 30.5 Å². The first-order chi connectivity index (χ1) is 17.2. The maximum atomic E-state index is 14.7. The number of hydrogen-bond donors (Lipinski definition) is 2. The molecular formula is C26H24F4N4O2. The molecule has 2 aromatic carbocycles. The Bertz CT molecular complexity index is 1270. The van der Waals surface area contributed by atoms with Crippen molar-refractivity contribution in [3.63, 3.8) is 0 Å². The number of aromatic nitrogens is 2. The molecule has 2 atom stereocenters. The van der Waals surface area contributed by atoms with Gasteiger partial charge in [-0.2, -0.15) is 18.3 Å². The molecule has 1 aliphatic heterocycles. The topological polar surface area (TPSA) is 78.1 Å². The van der Waals surface area contributed by atoms with Gasteiger partial charge in [-0.3, -0.25) is 14.7 Å². The highest BCUT2D eigenvalue weighted by atomic mass is 19.4. The highest BCUT2D eigenvalue weighted by Gasteiger charge is 2.40. The quantitative estimate of drug-likeness (QED) is 0.462. The first-order valence-electron chi connectivity index (χ1n) is 11.8. The Morgan fingerprint density at radius 2 is 1.89 bits per heavy atom. The van der Waals surface area contributed by atoms with E-state index >= 15 is 0 Å². The molecule has 1 aliphatic carbocycles. The summed E-state index contributed by atoms with van der Waals surface area (Å²) in [5.41, 5.74) is 0.919. The number of amides is 2. The lowest BCUT2D eigenvalue weighted by atomic mass is 9.99. The minimum Gasteiger partial charge on any atom is -0.347 e. The van der Waals surface area contributed by atoms with Crippen molar-refractivity contribution in [3.8, 4) is 11.3 Å². The summed E-state index contributed by atoms with van der Waals surface area (Å²) in [4.78, 5) is 28.1. The Morgan fingerprint density at radius 1 is 1.08 bits per heavy atom. The second-order valence-corrected chi connectivity index (χ2v) is 9.27. The normalized spacial score (nSPS) is 18.8. The highest BCUT2D eigenvalue weighted by molar-refractivity contribution is 5.98. The van der Waals surface area contributed by atoms with E-state index in [1.807, 2.05) is 6.07 Å². The number of carbonyl (C=O) groups is 2. The number of H-pyrrole nitrogens is 1. The van der Waals surface area contributed by atoms with E-state index in [1.165, 1.54) is 4.90 Å². The molecular weight excluding hydrogens is 476 g/mol. The van der Waals surface area contributed by atoms with E-state index in [4.69, 9.17) is 0 Å². The number of halogens is 4. The molecule has 2 N–H and O–H groups in total.